The van der Waals surface area contributed by atoms with Crippen molar-refractivity contribution in [1.29, 1.82) is 0 Å². The predicted molar refractivity (Wildman–Crippen MR) is 81.5 cm³/mol. The second-order valence-electron chi connectivity index (χ2n) is 4.50. The number of carbonyl (C=O) groups excluding carboxylic acids is 1. The topological polar surface area (TPSA) is 48.4 Å². The molecule has 0 radical (unpaired) electrons. The Morgan fingerprint density at radius 2 is 2.20 bits per heavy atom. The van der Waals surface area contributed by atoms with Crippen LogP contribution in [0.3, 0.4) is 0 Å². The van der Waals surface area contributed by atoms with Crippen LogP contribution in [-0.2, 0) is 15.9 Å². The second kappa shape index (κ2) is 9.21. The van der Waals surface area contributed by atoms with Crippen LogP contribution in [0.25, 0.3) is 0 Å². The Kier molecular flexibility index (Phi) is 7.95. The van der Waals surface area contributed by atoms with Crippen LogP contribution >= 0.6 is 11.3 Å². The van der Waals surface area contributed by atoms with Crippen molar-refractivity contribution in [3.63, 3.8) is 0 Å². The Balaban J connectivity index is 0.000000956. The molecule has 0 aromatic carbocycles. The maximum Gasteiger partial charge on any atom is 0.188 e. The molecule has 0 bridgehead atoms. The van der Waals surface area contributed by atoms with Gasteiger partial charge in [-0.05, 0) is 26.2 Å². The average Bonchev–Trinajstić information content (AvgIpc) is 2.84. The summed E-state index contributed by atoms with van der Waals surface area (Å²) in [5, 5.41) is 0.594. The van der Waals surface area contributed by atoms with Crippen molar-refractivity contribution in [3.05, 3.63) is 15.6 Å². The minimum Gasteiger partial charge on any atom is -0.353 e. The van der Waals surface area contributed by atoms with Crippen LogP contribution in [0.5, 0.6) is 0 Å². The van der Waals surface area contributed by atoms with Crippen molar-refractivity contribution in [3.8, 4) is 0 Å². The lowest BCUT2D eigenvalue weighted by atomic mass is 10.2. The summed E-state index contributed by atoms with van der Waals surface area (Å²) in [6.45, 7) is 8.92. The van der Waals surface area contributed by atoms with E-state index in [4.69, 9.17) is 9.47 Å². The highest BCUT2D eigenvalue weighted by Crippen LogP contribution is 2.20. The first-order chi connectivity index (χ1) is 9.66. The summed E-state index contributed by atoms with van der Waals surface area (Å²) < 4.78 is 11.2. The predicted octanol–water partition coefficient (Wildman–Crippen LogP) is 3.77. The third-order valence-corrected chi connectivity index (χ3v) is 4.28. The number of aryl methyl sites for hydroxylation is 1. The highest BCUT2D eigenvalue weighted by molar-refractivity contribution is 7.13. The molecule has 0 aliphatic carbocycles. The fourth-order valence-electron chi connectivity index (χ4n) is 1.94. The van der Waals surface area contributed by atoms with Gasteiger partial charge >= 0.3 is 0 Å². The summed E-state index contributed by atoms with van der Waals surface area (Å²) >= 11 is 1.47. The van der Waals surface area contributed by atoms with Gasteiger partial charge < -0.3 is 9.47 Å². The minimum atomic E-state index is -0.0424. The number of rotatable bonds is 5. The zero-order valence-corrected chi connectivity index (χ0v) is 13.7. The molecule has 1 aliphatic rings. The number of nitrogens with zero attached hydrogens (tertiary/aromatic N) is 1. The summed E-state index contributed by atoms with van der Waals surface area (Å²) in [5.74, 6) is 0.0332. The van der Waals surface area contributed by atoms with E-state index >= 15 is 0 Å². The summed E-state index contributed by atoms with van der Waals surface area (Å²) in [6.07, 6.45) is 4.06. The van der Waals surface area contributed by atoms with E-state index in [1.54, 1.807) is 6.92 Å². The first kappa shape index (κ1) is 17.3. The van der Waals surface area contributed by atoms with E-state index in [2.05, 4.69) is 4.98 Å². The largest absolute Gasteiger partial charge is 0.353 e. The quantitative estimate of drug-likeness (QED) is 0.777. The number of thiazole rings is 1. The molecule has 0 N–H and O–H groups in total. The molecule has 0 saturated carbocycles. The molecule has 1 saturated heterocycles. The standard InChI is InChI=1S/C13H19NO3S.C2H6/c1-9-11(18-13(14-9)10(2)15)6-8-17-12-5-3-4-7-16-12;1-2/h12H,3-8H2,1-2H3;1-2H3. The molecule has 1 aromatic heterocycles. The van der Waals surface area contributed by atoms with Gasteiger partial charge in [-0.25, -0.2) is 4.98 Å². The van der Waals surface area contributed by atoms with Gasteiger partial charge in [-0.1, -0.05) is 13.8 Å². The lowest BCUT2D eigenvalue weighted by Gasteiger charge is -2.22. The minimum absolute atomic E-state index is 0.0332. The number of ether oxygens (including phenoxy) is 2. The SMILES string of the molecule is CC.CC(=O)c1nc(C)c(CCOC2CCCCO2)s1. The number of aromatic nitrogens is 1. The van der Waals surface area contributed by atoms with Crippen LogP contribution in [-0.4, -0.2) is 30.3 Å². The molecule has 1 unspecified atom stereocenters. The van der Waals surface area contributed by atoms with Crippen molar-refractivity contribution >= 4 is 17.1 Å². The first-order valence-electron chi connectivity index (χ1n) is 7.37. The lowest BCUT2D eigenvalue weighted by Crippen LogP contribution is -2.23. The van der Waals surface area contributed by atoms with Gasteiger partial charge in [0.25, 0.3) is 0 Å². The van der Waals surface area contributed by atoms with Crippen molar-refractivity contribution in [2.45, 2.75) is 59.7 Å². The average molecular weight is 299 g/mol. The number of ketones is 1. The Morgan fingerprint density at radius 3 is 2.75 bits per heavy atom. The van der Waals surface area contributed by atoms with Crippen molar-refractivity contribution in [2.24, 2.45) is 0 Å². The molecule has 0 spiro atoms. The maximum absolute atomic E-state index is 11.2. The Bertz CT molecular complexity index is 411. The Morgan fingerprint density at radius 1 is 1.45 bits per heavy atom. The van der Waals surface area contributed by atoms with Crippen LogP contribution in [0.4, 0.5) is 0 Å². The van der Waals surface area contributed by atoms with Gasteiger partial charge in [-0.15, -0.1) is 11.3 Å². The van der Waals surface area contributed by atoms with Crippen LogP contribution < -0.4 is 0 Å². The van der Waals surface area contributed by atoms with Gasteiger partial charge in [0.05, 0.1) is 12.3 Å². The molecular weight excluding hydrogens is 274 g/mol. The number of carbonyl (C=O) groups is 1. The van der Waals surface area contributed by atoms with E-state index in [9.17, 15) is 4.79 Å². The van der Waals surface area contributed by atoms with E-state index in [0.717, 1.165) is 36.4 Å². The van der Waals surface area contributed by atoms with E-state index in [1.807, 2.05) is 20.8 Å². The molecule has 20 heavy (non-hydrogen) atoms. The summed E-state index contributed by atoms with van der Waals surface area (Å²) in [5.41, 5.74) is 0.943. The van der Waals surface area contributed by atoms with Gasteiger partial charge in [0, 0.05) is 24.8 Å². The molecule has 1 fully saturated rings. The van der Waals surface area contributed by atoms with Crippen molar-refractivity contribution in [2.75, 3.05) is 13.2 Å². The first-order valence-corrected chi connectivity index (χ1v) is 8.19. The molecule has 1 atom stereocenters. The highest BCUT2D eigenvalue weighted by atomic mass is 32.1. The third kappa shape index (κ3) is 5.31. The molecule has 1 aromatic rings. The zero-order valence-electron chi connectivity index (χ0n) is 12.9. The number of hydrogen-bond acceptors (Lipinski definition) is 5. The van der Waals surface area contributed by atoms with Gasteiger partial charge in [0.15, 0.2) is 17.1 Å². The molecule has 5 heteroatoms. The van der Waals surface area contributed by atoms with Crippen LogP contribution in [0.1, 0.15) is 60.4 Å². The van der Waals surface area contributed by atoms with Gasteiger partial charge in [-0.3, -0.25) is 4.79 Å². The van der Waals surface area contributed by atoms with Crippen molar-refractivity contribution < 1.29 is 14.3 Å². The molecule has 2 rings (SSSR count). The third-order valence-electron chi connectivity index (χ3n) is 2.96. The fraction of sp³-hybridized carbons (Fsp3) is 0.733. The molecular formula is C15H25NO3S. The Labute approximate surface area is 125 Å². The van der Waals surface area contributed by atoms with Gasteiger partial charge in [-0.2, -0.15) is 0 Å². The second-order valence-corrected chi connectivity index (χ2v) is 5.58. The van der Waals surface area contributed by atoms with Crippen LogP contribution in [0.2, 0.25) is 0 Å². The normalized spacial score (nSPS) is 18.3. The maximum atomic E-state index is 11.2. The van der Waals surface area contributed by atoms with Crippen LogP contribution in [0.15, 0.2) is 0 Å². The summed E-state index contributed by atoms with van der Waals surface area (Å²) in [4.78, 5) is 16.6. The molecule has 4 nitrogen and oxygen atoms in total. The highest BCUT2D eigenvalue weighted by Gasteiger charge is 2.15. The van der Waals surface area contributed by atoms with E-state index in [1.165, 1.54) is 17.8 Å². The summed E-state index contributed by atoms with van der Waals surface area (Å²) in [6, 6.07) is 0. The number of hydrogen-bond donors (Lipinski definition) is 0. The van der Waals surface area contributed by atoms with Crippen molar-refractivity contribution in [1.82, 2.24) is 4.98 Å². The smallest absolute Gasteiger partial charge is 0.188 e. The molecule has 114 valence electrons. The number of Topliss-reactive ketones (excluding diaryl/α,β-unsaturated/α-hetero) is 1. The fourth-order valence-corrected chi connectivity index (χ4v) is 2.87. The zero-order chi connectivity index (χ0) is 15.0. The Hall–Kier alpha value is -0.780. The van der Waals surface area contributed by atoms with E-state index in [-0.39, 0.29) is 12.1 Å². The van der Waals surface area contributed by atoms with Gasteiger partial charge in [0.1, 0.15) is 0 Å². The molecule has 1 aliphatic heterocycles. The summed E-state index contributed by atoms with van der Waals surface area (Å²) in [7, 11) is 0. The van der Waals surface area contributed by atoms with E-state index in [0.29, 0.717) is 11.6 Å². The van der Waals surface area contributed by atoms with Crippen LogP contribution in [0, 0.1) is 6.92 Å². The monoisotopic (exact) mass is 299 g/mol. The lowest BCUT2D eigenvalue weighted by molar-refractivity contribution is -0.161. The molecule has 0 amide bonds. The van der Waals surface area contributed by atoms with E-state index < -0.39 is 0 Å². The van der Waals surface area contributed by atoms with Gasteiger partial charge in [0.2, 0.25) is 0 Å². The molecule has 2 heterocycles.